The molecule has 2 saturated carbocycles. The van der Waals surface area contributed by atoms with Crippen LogP contribution in [0, 0.1) is 5.41 Å². The first-order chi connectivity index (χ1) is 10.7. The Bertz CT molecular complexity index is 628. The van der Waals surface area contributed by atoms with E-state index in [0.717, 1.165) is 12.8 Å². The lowest BCUT2D eigenvalue weighted by Gasteiger charge is -2.55. The van der Waals surface area contributed by atoms with Crippen LogP contribution in [0.25, 0.3) is 0 Å². The molecule has 0 bridgehead atoms. The molecule has 1 aromatic rings. The third-order valence-corrected chi connectivity index (χ3v) is 6.34. The van der Waals surface area contributed by atoms with Crippen LogP contribution < -0.4 is 0 Å². The predicted octanol–water partition coefficient (Wildman–Crippen LogP) is 2.71. The number of rotatable bonds is 1. The molecule has 4 heteroatoms. The number of nitrogens with zero attached hydrogens (tertiary/aromatic N) is 2. The lowest BCUT2D eigenvalue weighted by Crippen LogP contribution is -2.55. The molecular weight excluding hydrogens is 276 g/mol. The summed E-state index contributed by atoms with van der Waals surface area (Å²) in [6, 6.07) is 8.02. The molecule has 4 nitrogen and oxygen atoms in total. The van der Waals surface area contributed by atoms with Crippen molar-refractivity contribution in [3.05, 3.63) is 35.4 Å². The monoisotopic (exact) mass is 296 g/mol. The maximum atomic E-state index is 12.8. The Hall–Kier alpha value is -1.84. The summed E-state index contributed by atoms with van der Waals surface area (Å²) in [4.78, 5) is 28.9. The number of hydrogen-bond donors (Lipinski definition) is 0. The molecule has 1 aromatic carbocycles. The molecule has 114 valence electrons. The summed E-state index contributed by atoms with van der Waals surface area (Å²) in [6.45, 7) is 0.583. The Kier molecular flexibility index (Phi) is 2.37. The van der Waals surface area contributed by atoms with Crippen LogP contribution in [0.1, 0.15) is 43.2 Å². The van der Waals surface area contributed by atoms with Gasteiger partial charge in [0.1, 0.15) is 6.04 Å². The van der Waals surface area contributed by atoms with Gasteiger partial charge in [0.05, 0.1) is 0 Å². The zero-order valence-electron chi connectivity index (χ0n) is 12.6. The molecule has 0 N–H and O–H groups in total. The summed E-state index contributed by atoms with van der Waals surface area (Å²) >= 11 is 0. The Labute approximate surface area is 130 Å². The molecule has 0 aromatic heterocycles. The number of carbonyl (C=O) groups is 2. The molecule has 4 aliphatic rings. The van der Waals surface area contributed by atoms with Crippen molar-refractivity contribution in [1.29, 1.82) is 0 Å². The standard InChI is InChI=1S/C18H20N2O2/c21-16-15-8-12-4-1-2-5-13(12)11-19(15)17(22)20(16)14-9-18(10-14)6-3-7-18/h1-2,4-5,14-15H,3,6-11H2. The molecule has 1 saturated heterocycles. The molecule has 2 heterocycles. The highest BCUT2D eigenvalue weighted by molar-refractivity contribution is 6.05. The second-order valence-electron chi connectivity index (χ2n) is 7.52. The van der Waals surface area contributed by atoms with E-state index in [9.17, 15) is 9.59 Å². The van der Waals surface area contributed by atoms with E-state index in [1.165, 1.54) is 30.4 Å². The highest BCUT2D eigenvalue weighted by atomic mass is 16.2. The summed E-state index contributed by atoms with van der Waals surface area (Å²) in [5, 5.41) is 0. The van der Waals surface area contributed by atoms with Gasteiger partial charge in [0, 0.05) is 19.0 Å². The zero-order chi connectivity index (χ0) is 14.9. The van der Waals surface area contributed by atoms with Crippen LogP contribution in [0.4, 0.5) is 4.79 Å². The van der Waals surface area contributed by atoms with E-state index >= 15 is 0 Å². The van der Waals surface area contributed by atoms with Crippen molar-refractivity contribution in [1.82, 2.24) is 9.80 Å². The molecule has 1 spiro atoms. The molecule has 2 aliphatic heterocycles. The topological polar surface area (TPSA) is 40.6 Å². The number of amides is 3. The summed E-state index contributed by atoms with van der Waals surface area (Å²) in [5.41, 5.74) is 2.89. The third kappa shape index (κ3) is 1.53. The average Bonchev–Trinajstić information content (AvgIpc) is 2.67. The predicted molar refractivity (Wildman–Crippen MR) is 81.0 cm³/mol. The smallest absolute Gasteiger partial charge is 0.308 e. The van der Waals surface area contributed by atoms with Crippen LogP contribution in [0.15, 0.2) is 24.3 Å². The van der Waals surface area contributed by atoms with Crippen LogP contribution in [0.2, 0.25) is 0 Å². The summed E-state index contributed by atoms with van der Waals surface area (Å²) in [7, 11) is 0. The normalized spacial score (nSPS) is 29.2. The van der Waals surface area contributed by atoms with Crippen molar-refractivity contribution in [2.75, 3.05) is 0 Å². The molecule has 5 rings (SSSR count). The molecule has 22 heavy (non-hydrogen) atoms. The van der Waals surface area contributed by atoms with Gasteiger partial charge in [-0.1, -0.05) is 30.7 Å². The second-order valence-corrected chi connectivity index (χ2v) is 7.52. The van der Waals surface area contributed by atoms with E-state index in [2.05, 4.69) is 12.1 Å². The van der Waals surface area contributed by atoms with E-state index in [1.807, 2.05) is 12.1 Å². The van der Waals surface area contributed by atoms with Crippen LogP contribution in [0.5, 0.6) is 0 Å². The van der Waals surface area contributed by atoms with Crippen molar-refractivity contribution in [2.24, 2.45) is 5.41 Å². The maximum absolute atomic E-state index is 12.8. The van der Waals surface area contributed by atoms with Gasteiger partial charge in [0.25, 0.3) is 5.91 Å². The van der Waals surface area contributed by atoms with Crippen LogP contribution in [0.3, 0.4) is 0 Å². The van der Waals surface area contributed by atoms with Crippen LogP contribution >= 0.6 is 0 Å². The van der Waals surface area contributed by atoms with Gasteiger partial charge in [-0.3, -0.25) is 9.69 Å². The summed E-state index contributed by atoms with van der Waals surface area (Å²) < 4.78 is 0. The van der Waals surface area contributed by atoms with Crippen molar-refractivity contribution < 1.29 is 9.59 Å². The number of carbonyl (C=O) groups excluding carboxylic acids is 2. The quantitative estimate of drug-likeness (QED) is 0.748. The summed E-state index contributed by atoms with van der Waals surface area (Å²) in [6.07, 6.45) is 6.65. The fraction of sp³-hybridized carbons (Fsp3) is 0.556. The number of imide groups is 1. The molecular formula is C18H20N2O2. The number of fused-ring (bicyclic) bond motifs is 2. The average molecular weight is 296 g/mol. The largest absolute Gasteiger partial charge is 0.328 e. The van der Waals surface area contributed by atoms with Crippen molar-refractivity contribution in [3.8, 4) is 0 Å². The van der Waals surface area contributed by atoms with Crippen LogP contribution in [-0.2, 0) is 17.8 Å². The third-order valence-electron chi connectivity index (χ3n) is 6.34. The number of benzene rings is 1. The van der Waals surface area contributed by atoms with Crippen molar-refractivity contribution in [3.63, 3.8) is 0 Å². The van der Waals surface area contributed by atoms with E-state index in [4.69, 9.17) is 0 Å². The van der Waals surface area contributed by atoms with Gasteiger partial charge < -0.3 is 4.90 Å². The SMILES string of the molecule is O=C1C2Cc3ccccc3CN2C(=O)N1C1CC2(CCC2)C1. The van der Waals surface area contributed by atoms with Gasteiger partial charge in [-0.2, -0.15) is 0 Å². The number of hydrogen-bond acceptors (Lipinski definition) is 2. The highest BCUT2D eigenvalue weighted by Gasteiger charge is 2.57. The van der Waals surface area contributed by atoms with E-state index in [-0.39, 0.29) is 24.0 Å². The molecule has 0 radical (unpaired) electrons. The molecule has 2 aliphatic carbocycles. The molecule has 3 amide bonds. The van der Waals surface area contributed by atoms with Gasteiger partial charge in [-0.25, -0.2) is 4.79 Å². The first-order valence-corrected chi connectivity index (χ1v) is 8.37. The van der Waals surface area contributed by atoms with E-state index in [0.29, 0.717) is 18.4 Å². The van der Waals surface area contributed by atoms with Gasteiger partial charge >= 0.3 is 6.03 Å². The molecule has 1 atom stereocenters. The zero-order valence-corrected chi connectivity index (χ0v) is 12.6. The highest BCUT2D eigenvalue weighted by Crippen LogP contribution is 2.57. The van der Waals surface area contributed by atoms with E-state index < -0.39 is 0 Å². The van der Waals surface area contributed by atoms with Crippen molar-refractivity contribution in [2.45, 2.75) is 57.2 Å². The van der Waals surface area contributed by atoms with Gasteiger partial charge in [0.15, 0.2) is 0 Å². The first kappa shape index (κ1) is 12.7. The fourth-order valence-corrected chi connectivity index (χ4v) is 4.88. The maximum Gasteiger partial charge on any atom is 0.328 e. The van der Waals surface area contributed by atoms with Gasteiger partial charge in [0.2, 0.25) is 0 Å². The minimum Gasteiger partial charge on any atom is -0.308 e. The minimum atomic E-state index is -0.264. The van der Waals surface area contributed by atoms with Gasteiger partial charge in [-0.15, -0.1) is 0 Å². The lowest BCUT2D eigenvalue weighted by molar-refractivity contribution is -0.135. The Morgan fingerprint density at radius 2 is 1.77 bits per heavy atom. The summed E-state index contributed by atoms with van der Waals surface area (Å²) in [5.74, 6) is 0.0404. The lowest BCUT2D eigenvalue weighted by atomic mass is 9.54. The van der Waals surface area contributed by atoms with Gasteiger partial charge in [-0.05, 0) is 42.2 Å². The Morgan fingerprint density at radius 1 is 1.05 bits per heavy atom. The number of urea groups is 1. The minimum absolute atomic E-state index is 0.0404. The Morgan fingerprint density at radius 3 is 2.45 bits per heavy atom. The first-order valence-electron chi connectivity index (χ1n) is 8.37. The van der Waals surface area contributed by atoms with Crippen molar-refractivity contribution >= 4 is 11.9 Å². The Balaban J connectivity index is 1.40. The molecule has 3 fully saturated rings. The van der Waals surface area contributed by atoms with E-state index in [1.54, 1.807) is 9.80 Å². The fourth-order valence-electron chi connectivity index (χ4n) is 4.88. The second kappa shape index (κ2) is 4.12. The molecule has 1 unspecified atom stereocenters. The van der Waals surface area contributed by atoms with Crippen LogP contribution in [-0.4, -0.2) is 33.8 Å².